The van der Waals surface area contributed by atoms with E-state index in [0.29, 0.717) is 19.0 Å². The zero-order valence-corrected chi connectivity index (χ0v) is 13.5. The van der Waals surface area contributed by atoms with E-state index in [-0.39, 0.29) is 18.3 Å². The van der Waals surface area contributed by atoms with Gasteiger partial charge in [0.2, 0.25) is 5.95 Å². The van der Waals surface area contributed by atoms with Crippen LogP contribution in [-0.4, -0.2) is 29.7 Å². The molecule has 7 heteroatoms. The number of hydrogen-bond acceptors (Lipinski definition) is 4. The lowest BCUT2D eigenvalue weighted by Gasteiger charge is -2.39. The van der Waals surface area contributed by atoms with Crippen LogP contribution < -0.4 is 9.64 Å². The van der Waals surface area contributed by atoms with Crippen LogP contribution in [0.4, 0.5) is 19.1 Å². The third-order valence-corrected chi connectivity index (χ3v) is 3.88. The van der Waals surface area contributed by atoms with Crippen molar-refractivity contribution in [2.45, 2.75) is 20.0 Å². The van der Waals surface area contributed by atoms with E-state index in [9.17, 15) is 13.2 Å². The molecule has 4 nitrogen and oxygen atoms in total. The topological polar surface area (TPSA) is 38.2 Å². The minimum atomic E-state index is -4.41. The molecule has 128 valence electrons. The smallest absolute Gasteiger partial charge is 0.419 e. The molecule has 0 radical (unpaired) electrons. The SMILES string of the molecule is Cc1cc(C)nc(N2CC(COc3ccccc3C(F)(F)F)C2)n1. The third kappa shape index (κ3) is 3.60. The van der Waals surface area contributed by atoms with Gasteiger partial charge in [-0.2, -0.15) is 13.2 Å². The molecule has 1 saturated heterocycles. The van der Waals surface area contributed by atoms with Crippen LogP contribution in [0, 0.1) is 19.8 Å². The fourth-order valence-electron chi connectivity index (χ4n) is 2.72. The van der Waals surface area contributed by atoms with Crippen molar-refractivity contribution in [2.24, 2.45) is 5.92 Å². The summed E-state index contributed by atoms with van der Waals surface area (Å²) >= 11 is 0. The maximum absolute atomic E-state index is 12.9. The van der Waals surface area contributed by atoms with Crippen LogP contribution >= 0.6 is 0 Å². The summed E-state index contributed by atoms with van der Waals surface area (Å²) in [6, 6.07) is 7.19. The van der Waals surface area contributed by atoms with Crippen LogP contribution in [0.1, 0.15) is 17.0 Å². The number of halogens is 3. The van der Waals surface area contributed by atoms with Gasteiger partial charge in [-0.1, -0.05) is 12.1 Å². The summed E-state index contributed by atoms with van der Waals surface area (Å²) in [7, 11) is 0. The highest BCUT2D eigenvalue weighted by Gasteiger charge is 2.35. The van der Waals surface area contributed by atoms with Gasteiger partial charge in [-0.05, 0) is 32.0 Å². The second-order valence-corrected chi connectivity index (χ2v) is 6.03. The first-order valence-electron chi connectivity index (χ1n) is 7.69. The van der Waals surface area contributed by atoms with Gasteiger partial charge in [-0.15, -0.1) is 0 Å². The van der Waals surface area contributed by atoms with E-state index in [1.165, 1.54) is 12.1 Å². The second-order valence-electron chi connectivity index (χ2n) is 6.03. The molecule has 0 bridgehead atoms. The van der Waals surface area contributed by atoms with E-state index < -0.39 is 11.7 Å². The van der Waals surface area contributed by atoms with Gasteiger partial charge in [0.05, 0.1) is 12.2 Å². The predicted octanol–water partition coefficient (Wildman–Crippen LogP) is 3.63. The maximum Gasteiger partial charge on any atom is 0.419 e. The molecule has 0 unspecified atom stereocenters. The van der Waals surface area contributed by atoms with Gasteiger partial charge >= 0.3 is 6.18 Å². The number of aryl methyl sites for hydroxylation is 2. The Morgan fingerprint density at radius 1 is 1.12 bits per heavy atom. The molecular weight excluding hydrogens is 319 g/mol. The lowest BCUT2D eigenvalue weighted by molar-refractivity contribution is -0.139. The zero-order valence-electron chi connectivity index (χ0n) is 13.5. The van der Waals surface area contributed by atoms with Crippen LogP contribution in [0.25, 0.3) is 0 Å². The van der Waals surface area contributed by atoms with E-state index in [1.54, 1.807) is 6.07 Å². The van der Waals surface area contributed by atoms with E-state index in [0.717, 1.165) is 17.5 Å². The van der Waals surface area contributed by atoms with Gasteiger partial charge in [0.1, 0.15) is 5.75 Å². The Kier molecular flexibility index (Phi) is 4.34. The Balaban J connectivity index is 1.57. The Hall–Kier alpha value is -2.31. The van der Waals surface area contributed by atoms with Crippen molar-refractivity contribution in [1.82, 2.24) is 9.97 Å². The number of rotatable bonds is 4. The van der Waals surface area contributed by atoms with Gasteiger partial charge < -0.3 is 9.64 Å². The first kappa shape index (κ1) is 16.5. The monoisotopic (exact) mass is 337 g/mol. The fraction of sp³-hybridized carbons (Fsp3) is 0.412. The quantitative estimate of drug-likeness (QED) is 0.854. The van der Waals surface area contributed by atoms with Crippen LogP contribution in [0.2, 0.25) is 0 Å². The first-order chi connectivity index (χ1) is 11.3. The molecule has 1 aliphatic rings. The Morgan fingerprint density at radius 3 is 2.38 bits per heavy atom. The fourth-order valence-corrected chi connectivity index (χ4v) is 2.72. The van der Waals surface area contributed by atoms with Gasteiger partial charge in [0.15, 0.2) is 0 Å². The number of aromatic nitrogens is 2. The third-order valence-electron chi connectivity index (χ3n) is 3.88. The largest absolute Gasteiger partial charge is 0.493 e. The normalized spacial score (nSPS) is 15.3. The van der Waals surface area contributed by atoms with E-state index in [2.05, 4.69) is 9.97 Å². The molecule has 0 aliphatic carbocycles. The summed E-state index contributed by atoms with van der Waals surface area (Å²) in [6.07, 6.45) is -4.41. The maximum atomic E-state index is 12.9. The molecule has 0 spiro atoms. The highest BCUT2D eigenvalue weighted by atomic mass is 19.4. The van der Waals surface area contributed by atoms with Gasteiger partial charge in [-0.25, -0.2) is 9.97 Å². The lowest BCUT2D eigenvalue weighted by Crippen LogP contribution is -2.50. The molecule has 1 aliphatic heterocycles. The average molecular weight is 337 g/mol. The summed E-state index contributed by atoms with van der Waals surface area (Å²) in [5.74, 6) is 0.709. The highest BCUT2D eigenvalue weighted by Crippen LogP contribution is 2.36. The van der Waals surface area contributed by atoms with Crippen LogP contribution in [0.15, 0.2) is 30.3 Å². The average Bonchev–Trinajstić information content (AvgIpc) is 2.44. The van der Waals surface area contributed by atoms with Crippen molar-refractivity contribution >= 4 is 5.95 Å². The number of ether oxygens (including phenoxy) is 1. The Bertz CT molecular complexity index is 707. The lowest BCUT2D eigenvalue weighted by atomic mass is 10.0. The molecule has 3 rings (SSSR count). The molecular formula is C17H18F3N3O. The number of benzene rings is 1. The number of para-hydroxylation sites is 1. The molecule has 1 aromatic carbocycles. The molecule has 0 saturated carbocycles. The van der Waals surface area contributed by atoms with E-state index in [1.807, 2.05) is 24.8 Å². The first-order valence-corrected chi connectivity index (χ1v) is 7.69. The minimum Gasteiger partial charge on any atom is -0.493 e. The summed E-state index contributed by atoms with van der Waals surface area (Å²) in [6.45, 7) is 5.42. The summed E-state index contributed by atoms with van der Waals surface area (Å²) in [4.78, 5) is 10.8. The molecule has 0 N–H and O–H groups in total. The van der Waals surface area contributed by atoms with E-state index in [4.69, 9.17) is 4.74 Å². The highest BCUT2D eigenvalue weighted by molar-refractivity contribution is 5.37. The molecule has 2 heterocycles. The number of alkyl halides is 3. The van der Waals surface area contributed by atoms with Crippen LogP contribution in [-0.2, 0) is 6.18 Å². The van der Waals surface area contributed by atoms with Crippen molar-refractivity contribution in [3.05, 3.63) is 47.3 Å². The molecule has 1 fully saturated rings. The van der Waals surface area contributed by atoms with Gasteiger partial charge in [0.25, 0.3) is 0 Å². The predicted molar refractivity (Wildman–Crippen MR) is 84.1 cm³/mol. The van der Waals surface area contributed by atoms with Gasteiger partial charge in [-0.3, -0.25) is 0 Å². The van der Waals surface area contributed by atoms with Crippen LogP contribution in [0.3, 0.4) is 0 Å². The Morgan fingerprint density at radius 2 is 1.75 bits per heavy atom. The minimum absolute atomic E-state index is 0.119. The second kappa shape index (κ2) is 6.30. The van der Waals surface area contributed by atoms with Crippen molar-refractivity contribution in [3.63, 3.8) is 0 Å². The Labute approximate surface area is 138 Å². The van der Waals surface area contributed by atoms with Gasteiger partial charge in [0, 0.05) is 30.4 Å². The molecule has 0 amide bonds. The summed E-state index contributed by atoms with van der Waals surface area (Å²) in [5, 5.41) is 0. The summed E-state index contributed by atoms with van der Waals surface area (Å²) in [5.41, 5.74) is 1.06. The van der Waals surface area contributed by atoms with Crippen molar-refractivity contribution < 1.29 is 17.9 Å². The standard InChI is InChI=1S/C17H18F3N3O/c1-11-7-12(2)22-16(21-11)23-8-13(9-23)10-24-15-6-4-3-5-14(15)17(18,19)20/h3-7,13H,8-10H2,1-2H3. The zero-order chi connectivity index (χ0) is 17.3. The molecule has 2 aromatic rings. The van der Waals surface area contributed by atoms with Crippen molar-refractivity contribution in [1.29, 1.82) is 0 Å². The van der Waals surface area contributed by atoms with Crippen molar-refractivity contribution in [2.75, 3.05) is 24.6 Å². The van der Waals surface area contributed by atoms with Crippen molar-refractivity contribution in [3.8, 4) is 5.75 Å². The van der Waals surface area contributed by atoms with Crippen LogP contribution in [0.5, 0.6) is 5.75 Å². The molecule has 0 atom stereocenters. The number of nitrogens with zero attached hydrogens (tertiary/aromatic N) is 3. The molecule has 1 aromatic heterocycles. The number of anilines is 1. The summed E-state index contributed by atoms with van der Waals surface area (Å²) < 4.78 is 44.2. The number of hydrogen-bond donors (Lipinski definition) is 0. The van der Waals surface area contributed by atoms with E-state index >= 15 is 0 Å². The molecule has 24 heavy (non-hydrogen) atoms.